The van der Waals surface area contributed by atoms with E-state index in [0.29, 0.717) is 0 Å². The van der Waals surface area contributed by atoms with Gasteiger partial charge >= 0.3 is 0 Å². The zero-order valence-corrected chi connectivity index (χ0v) is 12.9. The van der Waals surface area contributed by atoms with Crippen LogP contribution in [-0.4, -0.2) is 19.1 Å². The van der Waals surface area contributed by atoms with E-state index in [1.807, 2.05) is 19.3 Å². The van der Waals surface area contributed by atoms with Crippen LogP contribution in [0.3, 0.4) is 0 Å². The Kier molecular flexibility index (Phi) is 4.56. The van der Waals surface area contributed by atoms with E-state index in [4.69, 9.17) is 4.74 Å². The minimum atomic E-state index is 0.0968. The Bertz CT molecular complexity index is 572. The summed E-state index contributed by atoms with van der Waals surface area (Å²) >= 11 is 3.58. The minimum Gasteiger partial charge on any atom is -0.495 e. The first-order valence-corrected chi connectivity index (χ1v) is 6.87. The Morgan fingerprint density at radius 3 is 2.63 bits per heavy atom. The molecule has 0 fully saturated rings. The van der Waals surface area contributed by atoms with Gasteiger partial charge in [-0.05, 0) is 42.8 Å². The van der Waals surface area contributed by atoms with Gasteiger partial charge in [0, 0.05) is 10.7 Å². The molecule has 4 heteroatoms. The van der Waals surface area contributed by atoms with Crippen molar-refractivity contribution in [3.8, 4) is 5.75 Å². The number of benzene rings is 1. The highest BCUT2D eigenvalue weighted by Gasteiger charge is 2.14. The number of pyridine rings is 1. The Balaban J connectivity index is 2.40. The normalized spacial score (nSPS) is 12.2. The monoisotopic (exact) mass is 320 g/mol. The average Bonchev–Trinajstić information content (AvgIpc) is 2.44. The van der Waals surface area contributed by atoms with Crippen molar-refractivity contribution in [3.05, 3.63) is 57.8 Å². The van der Waals surface area contributed by atoms with Crippen LogP contribution in [0.1, 0.15) is 22.7 Å². The van der Waals surface area contributed by atoms with Gasteiger partial charge in [0.25, 0.3) is 0 Å². The molecule has 0 spiro atoms. The van der Waals surface area contributed by atoms with Crippen molar-refractivity contribution < 1.29 is 4.74 Å². The highest BCUT2D eigenvalue weighted by atomic mass is 79.9. The van der Waals surface area contributed by atoms with E-state index >= 15 is 0 Å². The number of nitrogens with one attached hydrogen (secondary N) is 1. The van der Waals surface area contributed by atoms with E-state index in [0.717, 1.165) is 15.8 Å². The lowest BCUT2D eigenvalue weighted by molar-refractivity contribution is 0.411. The van der Waals surface area contributed by atoms with E-state index < -0.39 is 0 Å². The summed E-state index contributed by atoms with van der Waals surface area (Å²) in [5.41, 5.74) is 3.50. The zero-order chi connectivity index (χ0) is 13.8. The second-order valence-electron chi connectivity index (χ2n) is 4.39. The molecule has 0 aliphatic carbocycles. The maximum absolute atomic E-state index is 5.23. The fourth-order valence-corrected chi connectivity index (χ4v) is 2.42. The van der Waals surface area contributed by atoms with Crippen LogP contribution < -0.4 is 10.1 Å². The fraction of sp³-hybridized carbons (Fsp3) is 0.267. The summed E-state index contributed by atoms with van der Waals surface area (Å²) in [5.74, 6) is 0.768. The predicted octanol–water partition coefficient (Wildman–Crippen LogP) is 3.47. The van der Waals surface area contributed by atoms with Gasteiger partial charge in [0.1, 0.15) is 5.75 Å². The molecule has 3 nitrogen and oxygen atoms in total. The molecule has 0 aliphatic heterocycles. The maximum atomic E-state index is 5.23. The molecule has 0 saturated carbocycles. The molecule has 0 amide bonds. The average molecular weight is 321 g/mol. The summed E-state index contributed by atoms with van der Waals surface area (Å²) in [5, 5.41) is 3.32. The van der Waals surface area contributed by atoms with E-state index in [-0.39, 0.29) is 6.04 Å². The van der Waals surface area contributed by atoms with E-state index in [2.05, 4.69) is 51.4 Å². The SMILES string of the molecule is CNC(c1cncc(OC)c1)c1ccc(C)c(Br)c1. The van der Waals surface area contributed by atoms with Crippen LogP contribution in [0, 0.1) is 6.92 Å². The smallest absolute Gasteiger partial charge is 0.137 e. The largest absolute Gasteiger partial charge is 0.495 e. The number of rotatable bonds is 4. The van der Waals surface area contributed by atoms with Crippen molar-refractivity contribution in [2.24, 2.45) is 0 Å². The molecular weight excluding hydrogens is 304 g/mol. The zero-order valence-electron chi connectivity index (χ0n) is 11.3. The molecule has 2 aromatic rings. The number of aromatic nitrogens is 1. The molecule has 1 N–H and O–H groups in total. The van der Waals surface area contributed by atoms with Crippen LogP contribution in [0.4, 0.5) is 0 Å². The van der Waals surface area contributed by atoms with Crippen molar-refractivity contribution in [3.63, 3.8) is 0 Å². The van der Waals surface area contributed by atoms with Gasteiger partial charge in [-0.15, -0.1) is 0 Å². The first kappa shape index (κ1) is 14.0. The number of hydrogen-bond acceptors (Lipinski definition) is 3. The Labute approximate surface area is 122 Å². The Hall–Kier alpha value is -1.39. The number of methoxy groups -OCH3 is 1. The Morgan fingerprint density at radius 2 is 2.00 bits per heavy atom. The van der Waals surface area contributed by atoms with Gasteiger partial charge in [0.05, 0.1) is 19.3 Å². The van der Waals surface area contributed by atoms with Crippen LogP contribution in [-0.2, 0) is 0 Å². The van der Waals surface area contributed by atoms with E-state index in [1.54, 1.807) is 13.3 Å². The quantitative estimate of drug-likeness (QED) is 0.936. The van der Waals surface area contributed by atoms with E-state index in [9.17, 15) is 0 Å². The van der Waals surface area contributed by atoms with Crippen molar-refractivity contribution in [2.45, 2.75) is 13.0 Å². The molecule has 2 rings (SSSR count). The van der Waals surface area contributed by atoms with Crippen LogP contribution in [0.5, 0.6) is 5.75 Å². The van der Waals surface area contributed by atoms with Crippen molar-refractivity contribution in [1.29, 1.82) is 0 Å². The first-order valence-electron chi connectivity index (χ1n) is 6.08. The van der Waals surface area contributed by atoms with Crippen molar-refractivity contribution in [2.75, 3.05) is 14.2 Å². The molecule has 0 bridgehead atoms. The topological polar surface area (TPSA) is 34.2 Å². The minimum absolute atomic E-state index is 0.0968. The molecule has 19 heavy (non-hydrogen) atoms. The van der Waals surface area contributed by atoms with E-state index in [1.165, 1.54) is 11.1 Å². The maximum Gasteiger partial charge on any atom is 0.137 e. The second-order valence-corrected chi connectivity index (χ2v) is 5.24. The molecule has 0 aliphatic rings. The third-order valence-electron chi connectivity index (χ3n) is 3.12. The van der Waals surface area contributed by atoms with Gasteiger partial charge in [0.15, 0.2) is 0 Å². The molecule has 1 aromatic heterocycles. The van der Waals surface area contributed by atoms with Gasteiger partial charge < -0.3 is 10.1 Å². The molecule has 1 unspecified atom stereocenters. The summed E-state index contributed by atoms with van der Waals surface area (Å²) in [4.78, 5) is 4.21. The Morgan fingerprint density at radius 1 is 1.21 bits per heavy atom. The molecule has 0 radical (unpaired) electrons. The summed E-state index contributed by atoms with van der Waals surface area (Å²) in [6.07, 6.45) is 3.57. The lowest BCUT2D eigenvalue weighted by atomic mass is 9.99. The van der Waals surface area contributed by atoms with Crippen molar-refractivity contribution >= 4 is 15.9 Å². The van der Waals surface area contributed by atoms with Crippen LogP contribution in [0.25, 0.3) is 0 Å². The third kappa shape index (κ3) is 3.14. The summed E-state index contributed by atoms with van der Waals surface area (Å²) in [6.45, 7) is 2.08. The highest BCUT2D eigenvalue weighted by molar-refractivity contribution is 9.10. The highest BCUT2D eigenvalue weighted by Crippen LogP contribution is 2.27. The molecule has 100 valence electrons. The van der Waals surface area contributed by atoms with Crippen LogP contribution in [0.2, 0.25) is 0 Å². The summed E-state index contributed by atoms with van der Waals surface area (Å²) in [6, 6.07) is 8.47. The second kappa shape index (κ2) is 6.17. The number of halogens is 1. The predicted molar refractivity (Wildman–Crippen MR) is 80.6 cm³/mol. The van der Waals surface area contributed by atoms with Gasteiger partial charge in [-0.2, -0.15) is 0 Å². The third-order valence-corrected chi connectivity index (χ3v) is 3.98. The van der Waals surface area contributed by atoms with Crippen molar-refractivity contribution in [1.82, 2.24) is 10.3 Å². The molecule has 1 heterocycles. The van der Waals surface area contributed by atoms with Crippen LogP contribution >= 0.6 is 15.9 Å². The van der Waals surface area contributed by atoms with Gasteiger partial charge in [-0.3, -0.25) is 4.98 Å². The fourth-order valence-electron chi connectivity index (χ4n) is 2.02. The lowest BCUT2D eigenvalue weighted by Crippen LogP contribution is -2.18. The van der Waals surface area contributed by atoms with Gasteiger partial charge in [0.2, 0.25) is 0 Å². The molecular formula is C15H17BrN2O. The van der Waals surface area contributed by atoms with Gasteiger partial charge in [-0.25, -0.2) is 0 Å². The number of aryl methyl sites for hydroxylation is 1. The number of hydrogen-bond donors (Lipinski definition) is 1. The standard InChI is InChI=1S/C15H17BrN2O/c1-10-4-5-11(7-14(10)16)15(17-2)12-6-13(19-3)9-18-8-12/h4-9,15,17H,1-3H3. The molecule has 1 atom stereocenters. The molecule has 1 aromatic carbocycles. The lowest BCUT2D eigenvalue weighted by Gasteiger charge is -2.18. The molecule has 0 saturated heterocycles. The van der Waals surface area contributed by atoms with Gasteiger partial charge in [-0.1, -0.05) is 28.1 Å². The number of nitrogens with zero attached hydrogens (tertiary/aromatic N) is 1. The van der Waals surface area contributed by atoms with Crippen LogP contribution in [0.15, 0.2) is 41.1 Å². The first-order chi connectivity index (χ1) is 9.15. The summed E-state index contributed by atoms with van der Waals surface area (Å²) < 4.78 is 6.34. The summed E-state index contributed by atoms with van der Waals surface area (Å²) in [7, 11) is 3.59. The number of ether oxygens (including phenoxy) is 1.